The molecule has 5 nitrogen and oxygen atoms in total. The third-order valence-electron chi connectivity index (χ3n) is 2.31. The molecule has 17 heavy (non-hydrogen) atoms. The molecule has 1 amide bonds. The van der Waals surface area contributed by atoms with Crippen LogP contribution in [0.25, 0.3) is 0 Å². The molecule has 0 unspecified atom stereocenters. The summed E-state index contributed by atoms with van der Waals surface area (Å²) in [5, 5.41) is 8.59. The second-order valence-electron chi connectivity index (χ2n) is 4.32. The van der Waals surface area contributed by atoms with Crippen LogP contribution in [0.5, 0.6) is 0 Å². The van der Waals surface area contributed by atoms with Gasteiger partial charge in [0.1, 0.15) is 0 Å². The van der Waals surface area contributed by atoms with Gasteiger partial charge < -0.3 is 9.32 Å². The molecule has 0 saturated heterocycles. The van der Waals surface area contributed by atoms with Gasteiger partial charge >= 0.3 is 0 Å². The summed E-state index contributed by atoms with van der Waals surface area (Å²) in [6, 6.07) is 2.05. The van der Waals surface area contributed by atoms with Gasteiger partial charge in [0.05, 0.1) is 18.2 Å². The van der Waals surface area contributed by atoms with Crippen molar-refractivity contribution >= 4 is 5.91 Å². The topological polar surface area (TPSA) is 70.1 Å². The van der Waals surface area contributed by atoms with Crippen molar-refractivity contribution in [2.24, 2.45) is 5.92 Å². The van der Waals surface area contributed by atoms with E-state index < -0.39 is 0 Å². The number of amides is 1. The van der Waals surface area contributed by atoms with Gasteiger partial charge in [0, 0.05) is 13.1 Å². The van der Waals surface area contributed by atoms with E-state index in [2.05, 4.69) is 4.98 Å². The van der Waals surface area contributed by atoms with Crippen LogP contribution < -0.4 is 0 Å². The highest BCUT2D eigenvalue weighted by Crippen LogP contribution is 2.11. The van der Waals surface area contributed by atoms with E-state index >= 15 is 0 Å². The molecule has 5 heteroatoms. The lowest BCUT2D eigenvalue weighted by molar-refractivity contribution is 0.0707. The Labute approximate surface area is 101 Å². The maximum absolute atomic E-state index is 12.2. The molecule has 0 fully saturated rings. The van der Waals surface area contributed by atoms with E-state index in [0.717, 1.165) is 0 Å². The van der Waals surface area contributed by atoms with Gasteiger partial charge in [0.15, 0.2) is 6.39 Å². The lowest BCUT2D eigenvalue weighted by Gasteiger charge is -2.22. The summed E-state index contributed by atoms with van der Waals surface area (Å²) < 4.78 is 5.08. The first kappa shape index (κ1) is 13.2. The summed E-state index contributed by atoms with van der Waals surface area (Å²) in [5.74, 6) is 0.424. The molecular weight excluding hydrogens is 218 g/mol. The Bertz CT molecular complexity index is 418. The molecule has 0 aliphatic rings. The minimum atomic E-state index is -0.191. The number of rotatable bonds is 5. The van der Waals surface area contributed by atoms with Crippen LogP contribution in [0.15, 0.2) is 10.8 Å². The monoisotopic (exact) mass is 235 g/mol. The fraction of sp³-hybridized carbons (Fsp3) is 0.583. The van der Waals surface area contributed by atoms with Crippen LogP contribution in [-0.2, 0) is 0 Å². The van der Waals surface area contributed by atoms with Crippen LogP contribution in [0.2, 0.25) is 0 Å². The number of carbonyl (C=O) groups is 1. The molecule has 0 spiro atoms. The molecule has 0 aliphatic heterocycles. The number of oxazole rings is 1. The molecule has 1 heterocycles. The van der Waals surface area contributed by atoms with Crippen LogP contribution in [0, 0.1) is 24.2 Å². The minimum Gasteiger partial charge on any atom is -0.438 e. The number of aromatic nitrogens is 1. The van der Waals surface area contributed by atoms with E-state index in [0.29, 0.717) is 31.1 Å². The first-order chi connectivity index (χ1) is 8.06. The Morgan fingerprint density at radius 2 is 2.35 bits per heavy atom. The van der Waals surface area contributed by atoms with Gasteiger partial charge in [-0.05, 0) is 12.8 Å². The Hall–Kier alpha value is -1.83. The molecule has 0 bridgehead atoms. The molecule has 1 aromatic rings. The number of hydrogen-bond donors (Lipinski definition) is 0. The van der Waals surface area contributed by atoms with E-state index in [1.165, 1.54) is 6.39 Å². The minimum absolute atomic E-state index is 0.191. The van der Waals surface area contributed by atoms with Crippen LogP contribution in [0.4, 0.5) is 0 Å². The molecule has 0 N–H and O–H groups in total. The molecule has 0 aromatic carbocycles. The van der Waals surface area contributed by atoms with Crippen LogP contribution >= 0.6 is 0 Å². The molecule has 0 saturated carbocycles. The maximum atomic E-state index is 12.2. The largest absolute Gasteiger partial charge is 0.438 e. The van der Waals surface area contributed by atoms with E-state index in [1.807, 2.05) is 19.9 Å². The first-order valence-corrected chi connectivity index (χ1v) is 5.62. The van der Waals surface area contributed by atoms with Crippen molar-refractivity contribution in [3.8, 4) is 6.07 Å². The summed E-state index contributed by atoms with van der Waals surface area (Å²) in [7, 11) is 0. The summed E-state index contributed by atoms with van der Waals surface area (Å²) in [6.45, 7) is 6.82. The fourth-order valence-electron chi connectivity index (χ4n) is 1.55. The van der Waals surface area contributed by atoms with Crippen LogP contribution in [0.3, 0.4) is 0 Å². The SMILES string of the molecule is Cc1ncoc1C(=O)N(CCC#N)CC(C)C. The number of aryl methyl sites for hydroxylation is 1. The van der Waals surface area contributed by atoms with Gasteiger partial charge in [-0.15, -0.1) is 0 Å². The lowest BCUT2D eigenvalue weighted by atomic mass is 10.2. The van der Waals surface area contributed by atoms with Gasteiger partial charge in [-0.2, -0.15) is 5.26 Å². The molecule has 0 atom stereocenters. The fourth-order valence-corrected chi connectivity index (χ4v) is 1.55. The molecule has 0 aliphatic carbocycles. The van der Waals surface area contributed by atoms with Crippen molar-refractivity contribution in [1.29, 1.82) is 5.26 Å². The molecule has 0 radical (unpaired) electrons. The standard InChI is InChI=1S/C12H17N3O2/c1-9(2)7-15(6-4-5-13)12(16)11-10(3)14-8-17-11/h8-9H,4,6-7H2,1-3H3. The average Bonchev–Trinajstić information content (AvgIpc) is 2.69. The van der Waals surface area contributed by atoms with Crippen molar-refractivity contribution in [3.63, 3.8) is 0 Å². The van der Waals surface area contributed by atoms with Crippen LogP contribution in [0.1, 0.15) is 36.5 Å². The van der Waals surface area contributed by atoms with Crippen molar-refractivity contribution in [2.45, 2.75) is 27.2 Å². The normalized spacial score (nSPS) is 10.3. The van der Waals surface area contributed by atoms with E-state index in [1.54, 1.807) is 11.8 Å². The Morgan fingerprint density at radius 3 is 2.82 bits per heavy atom. The van der Waals surface area contributed by atoms with E-state index in [4.69, 9.17) is 9.68 Å². The second kappa shape index (κ2) is 6.04. The third-order valence-corrected chi connectivity index (χ3v) is 2.31. The van der Waals surface area contributed by atoms with Crippen LogP contribution in [-0.4, -0.2) is 28.9 Å². The lowest BCUT2D eigenvalue weighted by Crippen LogP contribution is -2.35. The van der Waals surface area contributed by atoms with Gasteiger partial charge in [0.25, 0.3) is 5.91 Å². The average molecular weight is 235 g/mol. The van der Waals surface area contributed by atoms with Crippen molar-refractivity contribution in [1.82, 2.24) is 9.88 Å². The zero-order valence-corrected chi connectivity index (χ0v) is 10.4. The maximum Gasteiger partial charge on any atom is 0.291 e. The third kappa shape index (κ3) is 3.59. The van der Waals surface area contributed by atoms with E-state index in [-0.39, 0.29) is 11.7 Å². The Morgan fingerprint density at radius 1 is 1.65 bits per heavy atom. The highest BCUT2D eigenvalue weighted by molar-refractivity contribution is 5.92. The highest BCUT2D eigenvalue weighted by atomic mass is 16.3. The van der Waals surface area contributed by atoms with Gasteiger partial charge in [-0.25, -0.2) is 4.98 Å². The van der Waals surface area contributed by atoms with Gasteiger partial charge in [-0.3, -0.25) is 4.79 Å². The number of hydrogen-bond acceptors (Lipinski definition) is 4. The van der Waals surface area contributed by atoms with Crippen molar-refractivity contribution in [3.05, 3.63) is 17.8 Å². The molecule has 1 rings (SSSR count). The molecule has 92 valence electrons. The highest BCUT2D eigenvalue weighted by Gasteiger charge is 2.21. The summed E-state index contributed by atoms with van der Waals surface area (Å²) in [4.78, 5) is 17.7. The van der Waals surface area contributed by atoms with Crippen molar-refractivity contribution in [2.75, 3.05) is 13.1 Å². The summed E-state index contributed by atoms with van der Waals surface area (Å²) in [5.41, 5.74) is 0.584. The number of nitriles is 1. The molecule has 1 aromatic heterocycles. The Balaban J connectivity index is 2.79. The first-order valence-electron chi connectivity index (χ1n) is 5.62. The smallest absolute Gasteiger partial charge is 0.291 e. The van der Waals surface area contributed by atoms with E-state index in [9.17, 15) is 4.79 Å². The second-order valence-corrected chi connectivity index (χ2v) is 4.32. The number of nitrogens with zero attached hydrogens (tertiary/aromatic N) is 3. The number of carbonyl (C=O) groups excluding carboxylic acids is 1. The van der Waals surface area contributed by atoms with Gasteiger partial charge in [0.2, 0.25) is 5.76 Å². The quantitative estimate of drug-likeness (QED) is 0.782. The predicted octanol–water partition coefficient (Wildman–Crippen LogP) is 1.99. The zero-order valence-electron chi connectivity index (χ0n) is 10.4. The van der Waals surface area contributed by atoms with Gasteiger partial charge in [-0.1, -0.05) is 13.8 Å². The summed E-state index contributed by atoms with van der Waals surface area (Å²) in [6.07, 6.45) is 1.59. The summed E-state index contributed by atoms with van der Waals surface area (Å²) >= 11 is 0. The molecular formula is C12H17N3O2. The Kier molecular flexibility index (Phi) is 4.70. The van der Waals surface area contributed by atoms with Crippen molar-refractivity contribution < 1.29 is 9.21 Å². The predicted molar refractivity (Wildman–Crippen MR) is 62.2 cm³/mol. The zero-order chi connectivity index (χ0) is 12.8.